The van der Waals surface area contributed by atoms with Crippen LogP contribution in [0.2, 0.25) is 0 Å². The van der Waals surface area contributed by atoms with Gasteiger partial charge in [-0.2, -0.15) is 13.2 Å². The molecule has 0 unspecified atom stereocenters. The van der Waals surface area contributed by atoms with Crippen molar-refractivity contribution in [1.29, 1.82) is 0 Å². The Morgan fingerprint density at radius 3 is 2.35 bits per heavy atom. The predicted octanol–water partition coefficient (Wildman–Crippen LogP) is 5.26. The van der Waals surface area contributed by atoms with E-state index < -0.39 is 21.6 Å². The van der Waals surface area contributed by atoms with Crippen LogP contribution in [0.5, 0.6) is 11.5 Å². The van der Waals surface area contributed by atoms with Gasteiger partial charge >= 0.3 is 6.18 Å². The number of benzene rings is 3. The van der Waals surface area contributed by atoms with Crippen molar-refractivity contribution in [3.05, 3.63) is 78.6 Å². The fourth-order valence-electron chi connectivity index (χ4n) is 3.48. The molecular formula is C24H19F3N2O4S. The number of sulfone groups is 1. The van der Waals surface area contributed by atoms with Crippen LogP contribution in [0.1, 0.15) is 12.0 Å². The van der Waals surface area contributed by atoms with Crippen LogP contribution >= 0.6 is 0 Å². The molecule has 3 aromatic carbocycles. The molecule has 0 aliphatic carbocycles. The summed E-state index contributed by atoms with van der Waals surface area (Å²) in [6, 6.07) is 16.4. The topological polar surface area (TPSA) is 89.4 Å². The molecule has 0 aliphatic heterocycles. The van der Waals surface area contributed by atoms with Gasteiger partial charge in [0.1, 0.15) is 17.8 Å². The molecule has 6 nitrogen and oxygen atoms in total. The molecule has 1 N–H and O–H groups in total. The number of ether oxygens (including phenoxy) is 1. The number of nitrogens with zero attached hydrogens (tertiary/aromatic N) is 2. The molecule has 34 heavy (non-hydrogen) atoms. The number of halogens is 3. The van der Waals surface area contributed by atoms with Gasteiger partial charge in [0.2, 0.25) is 0 Å². The minimum Gasteiger partial charge on any atom is -0.457 e. The van der Waals surface area contributed by atoms with Crippen LogP contribution in [0.4, 0.5) is 13.2 Å². The van der Waals surface area contributed by atoms with Crippen molar-refractivity contribution in [2.75, 3.05) is 12.4 Å². The predicted molar refractivity (Wildman–Crippen MR) is 120 cm³/mol. The van der Waals surface area contributed by atoms with Gasteiger partial charge in [0.05, 0.1) is 27.4 Å². The molecule has 0 amide bonds. The Morgan fingerprint density at radius 1 is 0.912 bits per heavy atom. The Balaban J connectivity index is 1.63. The third-order valence-electron chi connectivity index (χ3n) is 5.07. The van der Waals surface area contributed by atoms with Gasteiger partial charge in [0.25, 0.3) is 0 Å². The lowest BCUT2D eigenvalue weighted by molar-refractivity contribution is -0.136. The Labute approximate surface area is 193 Å². The van der Waals surface area contributed by atoms with Crippen LogP contribution in [0, 0.1) is 0 Å². The summed E-state index contributed by atoms with van der Waals surface area (Å²) in [6.07, 6.45) is -3.31. The zero-order valence-electron chi connectivity index (χ0n) is 17.7. The van der Waals surface area contributed by atoms with Gasteiger partial charge in [-0.05, 0) is 48.9 Å². The minimum absolute atomic E-state index is 0.120. The van der Waals surface area contributed by atoms with E-state index in [9.17, 15) is 21.6 Å². The van der Waals surface area contributed by atoms with Crippen LogP contribution in [0.25, 0.3) is 22.2 Å². The second kappa shape index (κ2) is 9.40. The lowest BCUT2D eigenvalue weighted by atomic mass is 10.0. The van der Waals surface area contributed by atoms with Crippen molar-refractivity contribution >= 4 is 20.7 Å². The van der Waals surface area contributed by atoms with E-state index in [1.165, 1.54) is 36.4 Å². The van der Waals surface area contributed by atoms with Gasteiger partial charge in [-0.1, -0.05) is 24.3 Å². The van der Waals surface area contributed by atoms with E-state index in [4.69, 9.17) is 9.84 Å². The van der Waals surface area contributed by atoms with Gasteiger partial charge in [-0.25, -0.2) is 18.4 Å². The van der Waals surface area contributed by atoms with E-state index in [0.717, 1.165) is 12.4 Å². The molecule has 1 aromatic heterocycles. The second-order valence-corrected chi connectivity index (χ2v) is 9.53. The Bertz CT molecular complexity index is 1420. The van der Waals surface area contributed by atoms with E-state index >= 15 is 0 Å². The highest BCUT2D eigenvalue weighted by Gasteiger charge is 2.33. The molecule has 0 bridgehead atoms. The maximum Gasteiger partial charge on any atom is 0.418 e. The average Bonchev–Trinajstić information content (AvgIpc) is 2.82. The van der Waals surface area contributed by atoms with Gasteiger partial charge < -0.3 is 9.84 Å². The number of aromatic nitrogens is 2. The van der Waals surface area contributed by atoms with Crippen molar-refractivity contribution in [2.24, 2.45) is 0 Å². The van der Waals surface area contributed by atoms with E-state index in [1.807, 2.05) is 0 Å². The summed E-state index contributed by atoms with van der Waals surface area (Å²) in [6.45, 7) is -0.212. The average molecular weight is 488 g/mol. The normalized spacial score (nSPS) is 12.1. The molecule has 176 valence electrons. The molecule has 0 saturated heterocycles. The Hall–Kier alpha value is -3.50. The largest absolute Gasteiger partial charge is 0.457 e. The van der Waals surface area contributed by atoms with Crippen molar-refractivity contribution < 1.29 is 31.4 Å². The van der Waals surface area contributed by atoms with Crippen molar-refractivity contribution in [1.82, 2.24) is 9.97 Å². The SMILES string of the molecule is O=S(=O)(CCCO)c1ccc(Oc2cccc(-c3ncnc4c(C(F)(F)F)cccc34)c2)cc1. The second-order valence-electron chi connectivity index (χ2n) is 7.42. The van der Waals surface area contributed by atoms with Gasteiger partial charge in [0, 0.05) is 17.6 Å². The summed E-state index contributed by atoms with van der Waals surface area (Å²) in [5.74, 6) is 0.617. The van der Waals surface area contributed by atoms with E-state index in [1.54, 1.807) is 24.3 Å². The molecule has 0 aliphatic rings. The maximum atomic E-state index is 13.4. The number of fused-ring (bicyclic) bond motifs is 1. The fraction of sp³-hybridized carbons (Fsp3) is 0.167. The smallest absolute Gasteiger partial charge is 0.418 e. The van der Waals surface area contributed by atoms with E-state index in [0.29, 0.717) is 22.8 Å². The third kappa shape index (κ3) is 5.02. The molecule has 0 saturated carbocycles. The van der Waals surface area contributed by atoms with Gasteiger partial charge in [0.15, 0.2) is 9.84 Å². The first kappa shape index (κ1) is 23.7. The summed E-state index contributed by atoms with van der Waals surface area (Å²) in [5, 5.41) is 9.11. The summed E-state index contributed by atoms with van der Waals surface area (Å²) in [4.78, 5) is 8.16. The molecular weight excluding hydrogens is 469 g/mol. The van der Waals surface area contributed by atoms with E-state index in [-0.39, 0.29) is 34.6 Å². The lowest BCUT2D eigenvalue weighted by Crippen LogP contribution is -2.08. The number of hydrogen-bond acceptors (Lipinski definition) is 6. The van der Waals surface area contributed by atoms with Crippen LogP contribution in [0.15, 0.2) is 78.0 Å². The highest BCUT2D eigenvalue weighted by molar-refractivity contribution is 7.91. The number of aliphatic hydroxyl groups is 1. The molecule has 4 rings (SSSR count). The molecule has 0 atom stereocenters. The van der Waals surface area contributed by atoms with Crippen LogP contribution in [0.3, 0.4) is 0 Å². The molecule has 10 heteroatoms. The molecule has 1 heterocycles. The van der Waals surface area contributed by atoms with Gasteiger partial charge in [-0.15, -0.1) is 0 Å². The number of hydrogen-bond donors (Lipinski definition) is 1. The van der Waals surface area contributed by atoms with Gasteiger partial charge in [-0.3, -0.25) is 0 Å². The monoisotopic (exact) mass is 488 g/mol. The fourth-order valence-corrected chi connectivity index (χ4v) is 4.77. The highest BCUT2D eigenvalue weighted by Crippen LogP contribution is 2.37. The number of rotatable bonds is 7. The lowest BCUT2D eigenvalue weighted by Gasteiger charge is -2.12. The first-order valence-corrected chi connectivity index (χ1v) is 11.9. The number of aliphatic hydroxyl groups excluding tert-OH is 1. The van der Waals surface area contributed by atoms with Crippen LogP contribution < -0.4 is 4.74 Å². The van der Waals surface area contributed by atoms with E-state index in [2.05, 4.69) is 9.97 Å². The summed E-state index contributed by atoms with van der Waals surface area (Å²) in [5.41, 5.74) is -0.168. The molecule has 0 spiro atoms. The zero-order valence-corrected chi connectivity index (χ0v) is 18.5. The summed E-state index contributed by atoms with van der Waals surface area (Å²) in [7, 11) is -3.50. The quantitative estimate of drug-likeness (QED) is 0.382. The minimum atomic E-state index is -4.55. The number of alkyl halides is 3. The molecule has 4 aromatic rings. The summed E-state index contributed by atoms with van der Waals surface area (Å²) < 4.78 is 70.4. The standard InChI is InChI=1S/C24H19F3N2O4S/c25-24(26,27)21-7-2-6-20-22(28-15-29-23(20)21)16-4-1-5-18(14-16)33-17-8-10-19(11-9-17)34(31,32)13-3-12-30/h1-2,4-11,14-15,30H,3,12-13H2. The highest BCUT2D eigenvalue weighted by atomic mass is 32.2. The summed E-state index contributed by atoms with van der Waals surface area (Å²) >= 11 is 0. The maximum absolute atomic E-state index is 13.4. The van der Waals surface area contributed by atoms with Crippen molar-refractivity contribution in [3.63, 3.8) is 0 Å². The van der Waals surface area contributed by atoms with Crippen LogP contribution in [-0.4, -0.2) is 35.9 Å². The van der Waals surface area contributed by atoms with Crippen LogP contribution in [-0.2, 0) is 16.0 Å². The first-order chi connectivity index (χ1) is 16.2. The van der Waals surface area contributed by atoms with Crippen molar-refractivity contribution in [2.45, 2.75) is 17.5 Å². The first-order valence-electron chi connectivity index (χ1n) is 10.2. The Kier molecular flexibility index (Phi) is 6.54. The van der Waals surface area contributed by atoms with Crippen molar-refractivity contribution in [3.8, 4) is 22.8 Å². The molecule has 0 radical (unpaired) electrons. The molecule has 0 fully saturated rings. The third-order valence-corrected chi connectivity index (χ3v) is 6.88. The zero-order chi connectivity index (χ0) is 24.3. The number of para-hydroxylation sites is 1. The Morgan fingerprint density at radius 2 is 1.65 bits per heavy atom.